The van der Waals surface area contributed by atoms with Gasteiger partial charge < -0.3 is 50.4 Å². The molecule has 0 radical (unpaired) electrons. The average Bonchev–Trinajstić information content (AvgIpc) is 0.916. The highest BCUT2D eigenvalue weighted by Crippen LogP contribution is 2.44. The van der Waals surface area contributed by atoms with E-state index in [2.05, 4.69) is 48.9 Å². The molecule has 602 valence electrons. The fraction of sp³-hybridized carbons (Fsp3) is 0.897. The van der Waals surface area contributed by atoms with Crippen molar-refractivity contribution in [2.45, 2.75) is 412 Å². The van der Waals surface area contributed by atoms with Gasteiger partial charge in [0, 0.05) is 25.7 Å². The molecule has 4 unspecified atom stereocenters. The minimum Gasteiger partial charge on any atom is -0.480 e. The number of hydrogen-bond acceptors (Lipinski definition) is 18. The fourth-order valence-corrected chi connectivity index (χ4v) is 12.9. The van der Waals surface area contributed by atoms with Crippen LogP contribution in [-0.4, -0.2) is 120 Å². The highest BCUT2D eigenvalue weighted by molar-refractivity contribution is 7.47. The molecule has 0 aliphatic rings. The number of rotatable bonds is 77. The number of carbonyl (C=O) groups is 6. The minimum atomic E-state index is -4.71. The topological polar surface area (TPSA) is 343 Å². The van der Waals surface area contributed by atoms with Gasteiger partial charge in [-0.25, -0.2) is 9.13 Å². The van der Waals surface area contributed by atoms with Gasteiger partial charge in [0.25, 0.3) is 0 Å². The average molecular weight is 1500 g/mol. The first-order valence-electron chi connectivity index (χ1n) is 40.8. The molecule has 0 aliphatic heterocycles. The number of phosphoric acid groups is 2. The highest BCUT2D eigenvalue weighted by atomic mass is 31.2. The van der Waals surface area contributed by atoms with Gasteiger partial charge >= 0.3 is 51.5 Å². The van der Waals surface area contributed by atoms with Gasteiger partial charge in [-0.3, -0.25) is 46.9 Å². The Bertz CT molecular complexity index is 2110. The smallest absolute Gasteiger partial charge is 0.472 e. The van der Waals surface area contributed by atoms with Gasteiger partial charge in [0.2, 0.25) is 0 Å². The lowest BCUT2D eigenvalue weighted by atomic mass is 10.0. The van der Waals surface area contributed by atoms with Crippen molar-refractivity contribution in [3.63, 3.8) is 0 Å². The highest BCUT2D eigenvalue weighted by Gasteiger charge is 2.30. The van der Waals surface area contributed by atoms with E-state index in [4.69, 9.17) is 49.7 Å². The van der Waals surface area contributed by atoms with Gasteiger partial charge in [0.05, 0.1) is 26.4 Å². The molecule has 6 atom stereocenters. The number of carboxylic acids is 2. The lowest BCUT2D eigenvalue weighted by molar-refractivity contribution is -0.161. The van der Waals surface area contributed by atoms with Crippen molar-refractivity contribution >= 4 is 51.5 Å². The molecule has 0 rings (SSSR count). The molecule has 0 heterocycles. The summed E-state index contributed by atoms with van der Waals surface area (Å²) in [6.07, 6.45) is 64.4. The Balaban J connectivity index is 0. The molecule has 0 aromatic rings. The second kappa shape index (κ2) is 74.6. The SMILES string of the molecule is CCCCCCCC/C=C\CCCCCCCC(=O)OCC(COP(=O)(O)OC[C@H](N)C(=O)O)OC(=O)CCCCCCCCCCCCCCC.CCCCCCCCCCCCCCCC(=O)OCC(COP(=O)(O)OC[C@H](N)C(=O)O)OC(=O)CCCCCCCCCCCCCCC. The Hall–Kier alpha value is -3.30. The molecule has 0 bridgehead atoms. The van der Waals surface area contributed by atoms with E-state index >= 15 is 0 Å². The molecule has 0 aromatic carbocycles. The number of allylic oxidation sites excluding steroid dienone is 2. The van der Waals surface area contributed by atoms with Crippen LogP contribution in [0.2, 0.25) is 0 Å². The monoisotopic (exact) mass is 1500 g/mol. The number of aliphatic carboxylic acids is 2. The van der Waals surface area contributed by atoms with Gasteiger partial charge in [-0.2, -0.15) is 0 Å². The van der Waals surface area contributed by atoms with E-state index in [9.17, 15) is 47.7 Å². The maximum Gasteiger partial charge on any atom is 0.472 e. The lowest BCUT2D eigenvalue weighted by Gasteiger charge is -2.20. The standard InChI is InChI=1S/C40H76NO10P.C38H74NO10P/c1-3-5-7-9-11-13-15-17-18-20-21-23-25-27-29-31-38(42)48-33-36(34-49-52(46,47)50-35-37(41)40(44)45)51-39(43)32-30-28-26-24-22-19-16-14-12-10-8-6-4-2;1-3-5-7-9-11-13-15-17-19-21-23-25-27-29-36(40)46-31-34(32-47-50(44,45)48-33-35(39)38(42)43)49-37(41)30-28-26-24-22-20-18-16-14-12-10-8-6-4-2/h17-18,36-37H,3-16,19-35,41H2,1-2H3,(H,44,45)(H,46,47);34-35H,3-33,39H2,1-2H3,(H,42,43)(H,44,45)/b18-17-;/t36?,37-;34?,35-/m00/s1. The van der Waals surface area contributed by atoms with Gasteiger partial charge in [0.1, 0.15) is 25.3 Å². The largest absolute Gasteiger partial charge is 0.480 e. The Morgan fingerprint density at radius 2 is 0.490 bits per heavy atom. The van der Waals surface area contributed by atoms with Gasteiger partial charge in [-0.1, -0.05) is 322 Å². The molecular formula is C78H150N2O20P2. The summed E-state index contributed by atoms with van der Waals surface area (Å²) >= 11 is 0. The van der Waals surface area contributed by atoms with Crippen LogP contribution in [0.3, 0.4) is 0 Å². The molecule has 0 aromatic heterocycles. The Morgan fingerprint density at radius 1 is 0.294 bits per heavy atom. The fourth-order valence-electron chi connectivity index (χ4n) is 11.4. The molecule has 22 nitrogen and oxygen atoms in total. The van der Waals surface area contributed by atoms with Crippen LogP contribution in [0.5, 0.6) is 0 Å². The van der Waals surface area contributed by atoms with E-state index in [-0.39, 0.29) is 38.9 Å². The van der Waals surface area contributed by atoms with Crippen LogP contribution in [0, 0.1) is 0 Å². The summed E-state index contributed by atoms with van der Waals surface area (Å²) in [6.45, 7) is 5.60. The van der Waals surface area contributed by atoms with E-state index in [0.717, 1.165) is 96.3 Å². The summed E-state index contributed by atoms with van der Waals surface area (Å²) in [5.74, 6) is -4.74. The van der Waals surface area contributed by atoms with E-state index < -0.39 is 102 Å². The maximum atomic E-state index is 12.6. The second-order valence-corrected chi connectivity index (χ2v) is 30.8. The van der Waals surface area contributed by atoms with Crippen LogP contribution >= 0.6 is 15.6 Å². The van der Waals surface area contributed by atoms with Crippen LogP contribution in [0.4, 0.5) is 0 Å². The number of unbranched alkanes of at least 4 members (excludes halogenated alkanes) is 47. The minimum absolute atomic E-state index is 0.165. The molecule has 0 amide bonds. The normalized spacial score (nSPS) is 13.9. The zero-order valence-corrected chi connectivity index (χ0v) is 66.5. The lowest BCUT2D eigenvalue weighted by Crippen LogP contribution is -2.34. The summed E-state index contributed by atoms with van der Waals surface area (Å²) in [6, 6.07) is -3.03. The Kier molecular flexibility index (Phi) is 73.6. The Morgan fingerprint density at radius 3 is 0.716 bits per heavy atom. The van der Waals surface area contributed by atoms with Gasteiger partial charge in [-0.05, 0) is 51.4 Å². The zero-order chi connectivity index (χ0) is 75.7. The molecule has 24 heteroatoms. The summed E-state index contributed by atoms with van der Waals surface area (Å²) in [5.41, 5.74) is 10.6. The number of carboxylic acid groups (broad SMARTS) is 2. The number of phosphoric ester groups is 2. The van der Waals surface area contributed by atoms with E-state index in [0.29, 0.717) is 25.7 Å². The van der Waals surface area contributed by atoms with Crippen LogP contribution in [-0.2, 0) is 74.9 Å². The van der Waals surface area contributed by atoms with Crippen LogP contribution in [0.15, 0.2) is 12.2 Å². The molecule has 8 N–H and O–H groups in total. The second-order valence-electron chi connectivity index (χ2n) is 27.9. The van der Waals surface area contributed by atoms with Crippen molar-refractivity contribution in [2.75, 3.05) is 39.6 Å². The van der Waals surface area contributed by atoms with Crippen molar-refractivity contribution < 1.29 is 94.9 Å². The summed E-state index contributed by atoms with van der Waals surface area (Å²) in [5, 5.41) is 17.7. The summed E-state index contributed by atoms with van der Waals surface area (Å²) < 4.78 is 65.2. The number of hydrogen-bond donors (Lipinski definition) is 6. The third-order valence-electron chi connectivity index (χ3n) is 17.9. The molecular weight excluding hydrogens is 1350 g/mol. The van der Waals surface area contributed by atoms with E-state index in [1.54, 1.807) is 0 Å². The molecule has 0 aliphatic carbocycles. The van der Waals surface area contributed by atoms with Crippen molar-refractivity contribution in [2.24, 2.45) is 11.5 Å². The van der Waals surface area contributed by atoms with Gasteiger partial charge in [0.15, 0.2) is 12.2 Å². The molecule has 0 saturated carbocycles. The van der Waals surface area contributed by atoms with Crippen molar-refractivity contribution in [3.8, 4) is 0 Å². The third kappa shape index (κ3) is 75.0. The predicted octanol–water partition coefficient (Wildman–Crippen LogP) is 20.5. The van der Waals surface area contributed by atoms with Crippen LogP contribution < -0.4 is 11.5 Å². The third-order valence-corrected chi connectivity index (χ3v) is 19.8. The quantitative estimate of drug-likeness (QED) is 0.0108. The first-order chi connectivity index (χ1) is 49.2. The maximum absolute atomic E-state index is 12.6. The zero-order valence-electron chi connectivity index (χ0n) is 64.7. The number of nitrogens with two attached hydrogens (primary N) is 2. The van der Waals surface area contributed by atoms with Crippen LogP contribution in [0.25, 0.3) is 0 Å². The molecule has 0 fully saturated rings. The van der Waals surface area contributed by atoms with Gasteiger partial charge in [-0.15, -0.1) is 0 Å². The first kappa shape index (κ1) is 101. The van der Waals surface area contributed by atoms with E-state index in [1.807, 2.05) is 0 Å². The van der Waals surface area contributed by atoms with Crippen molar-refractivity contribution in [1.82, 2.24) is 0 Å². The first-order valence-corrected chi connectivity index (χ1v) is 43.8. The number of esters is 4. The number of ether oxygens (including phenoxy) is 4. The molecule has 0 saturated heterocycles. The van der Waals surface area contributed by atoms with E-state index in [1.165, 1.54) is 212 Å². The van der Waals surface area contributed by atoms with Crippen molar-refractivity contribution in [3.05, 3.63) is 12.2 Å². The summed E-state index contributed by atoms with van der Waals surface area (Å²) in [4.78, 5) is 91.6. The predicted molar refractivity (Wildman–Crippen MR) is 407 cm³/mol. The Labute approximate surface area is 618 Å². The number of carbonyl (C=O) groups excluding carboxylic acids is 4. The summed E-state index contributed by atoms with van der Waals surface area (Å²) in [7, 11) is -9.41. The van der Waals surface area contributed by atoms with Crippen molar-refractivity contribution in [1.29, 1.82) is 0 Å². The van der Waals surface area contributed by atoms with Crippen LogP contribution in [0.1, 0.15) is 387 Å². The molecule has 102 heavy (non-hydrogen) atoms. The molecule has 0 spiro atoms.